The van der Waals surface area contributed by atoms with Gasteiger partial charge in [0.15, 0.2) is 11.5 Å². The number of carbonyl (C=O) groups excluding carboxylic acids is 1. The molecule has 0 spiro atoms. The van der Waals surface area contributed by atoms with E-state index >= 15 is 0 Å². The fourth-order valence-corrected chi connectivity index (χ4v) is 1.40. The molecule has 0 saturated heterocycles. The normalized spacial score (nSPS) is 10.0. The molecule has 0 amide bonds. The molecule has 0 aliphatic rings. The molecule has 88 valence electrons. The molecular weight excluding hydrogens is 220 g/mol. The van der Waals surface area contributed by atoms with E-state index in [0.29, 0.717) is 11.5 Å². The number of methoxy groups -OCH3 is 1. The largest absolute Gasteiger partial charge is 0.493 e. The first-order valence-corrected chi connectivity index (χ1v) is 5.11. The molecule has 2 rings (SSSR count). The van der Waals surface area contributed by atoms with Crippen molar-refractivity contribution in [2.24, 2.45) is 0 Å². The summed E-state index contributed by atoms with van der Waals surface area (Å²) in [5.74, 6) is 0.509. The highest BCUT2D eigenvalue weighted by atomic mass is 16.6. The Balaban J connectivity index is 2.21. The second kappa shape index (κ2) is 4.74. The van der Waals surface area contributed by atoms with Crippen LogP contribution in [0.4, 0.5) is 0 Å². The van der Waals surface area contributed by atoms with E-state index < -0.39 is 5.97 Å². The first-order valence-electron chi connectivity index (χ1n) is 5.11. The third-order valence-electron chi connectivity index (χ3n) is 2.24. The van der Waals surface area contributed by atoms with Gasteiger partial charge in [-0.3, -0.25) is 0 Å². The maximum atomic E-state index is 11.7. The standard InChI is InChI=1S/C13H12O4/c1-9-5-6-10(12(8-9)15-2)17-13(14)11-4-3-7-16-11/h3-8H,1-2H3. The summed E-state index contributed by atoms with van der Waals surface area (Å²) in [5, 5.41) is 0. The number of hydrogen-bond donors (Lipinski definition) is 0. The number of aryl methyl sites for hydroxylation is 1. The summed E-state index contributed by atoms with van der Waals surface area (Å²) < 4.78 is 15.3. The fraction of sp³-hybridized carbons (Fsp3) is 0.154. The van der Waals surface area contributed by atoms with Crippen molar-refractivity contribution in [2.45, 2.75) is 6.92 Å². The molecule has 0 atom stereocenters. The van der Waals surface area contributed by atoms with Crippen molar-refractivity contribution in [3.05, 3.63) is 47.9 Å². The van der Waals surface area contributed by atoms with Crippen molar-refractivity contribution >= 4 is 5.97 Å². The van der Waals surface area contributed by atoms with Crippen molar-refractivity contribution in [1.82, 2.24) is 0 Å². The molecular formula is C13H12O4. The first-order chi connectivity index (χ1) is 8.20. The Morgan fingerprint density at radius 3 is 2.71 bits per heavy atom. The molecule has 2 aromatic rings. The van der Waals surface area contributed by atoms with Crippen molar-refractivity contribution in [1.29, 1.82) is 0 Å². The van der Waals surface area contributed by atoms with Crippen molar-refractivity contribution in [2.75, 3.05) is 7.11 Å². The zero-order valence-corrected chi connectivity index (χ0v) is 9.60. The molecule has 4 heteroatoms. The Morgan fingerprint density at radius 1 is 1.24 bits per heavy atom. The maximum Gasteiger partial charge on any atom is 0.379 e. The lowest BCUT2D eigenvalue weighted by molar-refractivity contribution is 0.0696. The van der Waals surface area contributed by atoms with Crippen LogP contribution in [0.1, 0.15) is 16.1 Å². The Bertz CT molecular complexity index is 514. The second-order valence-electron chi connectivity index (χ2n) is 3.52. The van der Waals surface area contributed by atoms with Crippen LogP contribution in [0.5, 0.6) is 11.5 Å². The van der Waals surface area contributed by atoms with Crippen LogP contribution in [0.2, 0.25) is 0 Å². The number of furan rings is 1. The Hall–Kier alpha value is -2.23. The molecule has 17 heavy (non-hydrogen) atoms. The van der Waals surface area contributed by atoms with E-state index in [-0.39, 0.29) is 5.76 Å². The molecule has 0 saturated carbocycles. The number of benzene rings is 1. The maximum absolute atomic E-state index is 11.7. The lowest BCUT2D eigenvalue weighted by Gasteiger charge is -2.08. The zero-order valence-electron chi connectivity index (χ0n) is 9.60. The molecule has 0 aliphatic carbocycles. The van der Waals surface area contributed by atoms with Gasteiger partial charge in [0.2, 0.25) is 5.76 Å². The summed E-state index contributed by atoms with van der Waals surface area (Å²) in [7, 11) is 1.53. The minimum absolute atomic E-state index is 0.160. The van der Waals surface area contributed by atoms with Crippen LogP contribution in [0, 0.1) is 6.92 Å². The highest BCUT2D eigenvalue weighted by molar-refractivity contribution is 5.88. The Morgan fingerprint density at radius 2 is 2.06 bits per heavy atom. The van der Waals surface area contributed by atoms with Gasteiger partial charge in [-0.1, -0.05) is 6.07 Å². The van der Waals surface area contributed by atoms with Gasteiger partial charge in [-0.15, -0.1) is 0 Å². The SMILES string of the molecule is COc1cc(C)ccc1OC(=O)c1ccco1. The molecule has 0 fully saturated rings. The minimum Gasteiger partial charge on any atom is -0.493 e. The van der Waals surface area contributed by atoms with Crippen LogP contribution in [-0.4, -0.2) is 13.1 Å². The molecule has 0 bridgehead atoms. The zero-order chi connectivity index (χ0) is 12.3. The molecule has 0 aliphatic heterocycles. The topological polar surface area (TPSA) is 48.7 Å². The molecule has 1 aromatic heterocycles. The highest BCUT2D eigenvalue weighted by Crippen LogP contribution is 2.28. The molecule has 1 aromatic carbocycles. The predicted octanol–water partition coefficient (Wildman–Crippen LogP) is 2.82. The van der Waals surface area contributed by atoms with Crippen molar-refractivity contribution in [3.63, 3.8) is 0 Å². The lowest BCUT2D eigenvalue weighted by Crippen LogP contribution is -2.08. The lowest BCUT2D eigenvalue weighted by atomic mass is 10.2. The third-order valence-corrected chi connectivity index (χ3v) is 2.24. The average molecular weight is 232 g/mol. The van der Waals surface area contributed by atoms with Gasteiger partial charge in [-0.2, -0.15) is 0 Å². The predicted molar refractivity (Wildman–Crippen MR) is 61.4 cm³/mol. The summed E-state index contributed by atoms with van der Waals surface area (Å²) in [4.78, 5) is 11.7. The number of carbonyl (C=O) groups is 1. The van der Waals surface area contributed by atoms with E-state index in [1.165, 1.54) is 13.4 Å². The third kappa shape index (κ3) is 2.47. The van der Waals surface area contributed by atoms with Crippen LogP contribution in [0.15, 0.2) is 41.0 Å². The van der Waals surface area contributed by atoms with E-state index in [4.69, 9.17) is 13.9 Å². The van der Waals surface area contributed by atoms with Gasteiger partial charge in [0, 0.05) is 0 Å². The summed E-state index contributed by atoms with van der Waals surface area (Å²) in [6.07, 6.45) is 1.42. The quantitative estimate of drug-likeness (QED) is 0.603. The highest BCUT2D eigenvalue weighted by Gasteiger charge is 2.14. The number of hydrogen-bond acceptors (Lipinski definition) is 4. The molecule has 0 N–H and O–H groups in total. The second-order valence-corrected chi connectivity index (χ2v) is 3.52. The van der Waals surface area contributed by atoms with E-state index in [9.17, 15) is 4.79 Å². The molecule has 1 heterocycles. The monoisotopic (exact) mass is 232 g/mol. The van der Waals surface area contributed by atoms with Crippen LogP contribution in [0.25, 0.3) is 0 Å². The van der Waals surface area contributed by atoms with Gasteiger partial charge < -0.3 is 13.9 Å². The van der Waals surface area contributed by atoms with Crippen LogP contribution < -0.4 is 9.47 Å². The molecule has 0 radical (unpaired) electrons. The van der Waals surface area contributed by atoms with Crippen LogP contribution in [-0.2, 0) is 0 Å². The van der Waals surface area contributed by atoms with Crippen LogP contribution in [0.3, 0.4) is 0 Å². The van der Waals surface area contributed by atoms with E-state index in [2.05, 4.69) is 0 Å². The van der Waals surface area contributed by atoms with Gasteiger partial charge >= 0.3 is 5.97 Å². The molecule has 0 unspecified atom stereocenters. The fourth-order valence-electron chi connectivity index (χ4n) is 1.40. The van der Waals surface area contributed by atoms with Gasteiger partial charge in [0.25, 0.3) is 0 Å². The van der Waals surface area contributed by atoms with Gasteiger partial charge in [0.05, 0.1) is 13.4 Å². The summed E-state index contributed by atoms with van der Waals surface area (Å²) in [5.41, 5.74) is 1.03. The van der Waals surface area contributed by atoms with Gasteiger partial charge in [0.1, 0.15) is 0 Å². The first kappa shape index (κ1) is 11.3. The van der Waals surface area contributed by atoms with E-state index in [1.54, 1.807) is 24.3 Å². The average Bonchev–Trinajstić information content (AvgIpc) is 2.85. The number of ether oxygens (including phenoxy) is 2. The van der Waals surface area contributed by atoms with Crippen molar-refractivity contribution in [3.8, 4) is 11.5 Å². The Labute approximate surface area is 98.8 Å². The number of esters is 1. The van der Waals surface area contributed by atoms with Gasteiger partial charge in [-0.25, -0.2) is 4.79 Å². The minimum atomic E-state index is -0.544. The summed E-state index contributed by atoms with van der Waals surface area (Å²) in [6, 6.07) is 8.50. The van der Waals surface area contributed by atoms with Crippen molar-refractivity contribution < 1.29 is 18.7 Å². The van der Waals surface area contributed by atoms with Gasteiger partial charge in [-0.05, 0) is 36.8 Å². The summed E-state index contributed by atoms with van der Waals surface area (Å²) >= 11 is 0. The number of rotatable bonds is 3. The molecule has 4 nitrogen and oxygen atoms in total. The Kier molecular flexibility index (Phi) is 3.14. The van der Waals surface area contributed by atoms with Crippen LogP contribution >= 0.6 is 0 Å². The van der Waals surface area contributed by atoms with E-state index in [1.807, 2.05) is 13.0 Å². The smallest absolute Gasteiger partial charge is 0.379 e. The van der Waals surface area contributed by atoms with E-state index in [0.717, 1.165) is 5.56 Å². The summed E-state index contributed by atoms with van der Waals surface area (Å²) in [6.45, 7) is 1.93.